The van der Waals surface area contributed by atoms with Gasteiger partial charge in [0.15, 0.2) is 11.5 Å². The summed E-state index contributed by atoms with van der Waals surface area (Å²) in [7, 11) is -1.67. The number of hydrogen-bond donors (Lipinski definition) is 2. The molecule has 11 heteroatoms. The summed E-state index contributed by atoms with van der Waals surface area (Å²) < 4.78 is 51.8. The Bertz CT molecular complexity index is 1280. The topological polar surface area (TPSA) is 102 Å². The highest BCUT2D eigenvalue weighted by Crippen LogP contribution is 2.37. The van der Waals surface area contributed by atoms with Crippen LogP contribution in [0.25, 0.3) is 10.9 Å². The number of fused-ring (bicyclic) bond motifs is 1. The number of anilines is 2. The minimum absolute atomic E-state index is 0.00545. The lowest BCUT2D eigenvalue weighted by molar-refractivity contribution is 0.140. The lowest BCUT2D eigenvalue weighted by Crippen LogP contribution is -2.40. The largest absolute Gasteiger partial charge is 0.493 e. The van der Waals surface area contributed by atoms with Gasteiger partial charge >= 0.3 is 0 Å². The second-order valence-electron chi connectivity index (χ2n) is 8.11. The Labute approximate surface area is 202 Å². The molecule has 1 aliphatic carbocycles. The molecule has 3 aromatic rings. The van der Waals surface area contributed by atoms with E-state index in [2.05, 4.69) is 20.0 Å². The third kappa shape index (κ3) is 5.68. The van der Waals surface area contributed by atoms with E-state index in [1.54, 1.807) is 26.2 Å². The number of nitrogens with zero attached hydrogens (tertiary/aromatic N) is 2. The van der Waals surface area contributed by atoms with Gasteiger partial charge in [-0.3, -0.25) is 0 Å². The Balaban J connectivity index is 1.54. The molecule has 0 aliphatic heterocycles. The molecular formula is C23H26ClFN4O4S. The lowest BCUT2D eigenvalue weighted by atomic mass is 9.93. The molecule has 1 heterocycles. The van der Waals surface area contributed by atoms with Gasteiger partial charge in [0.25, 0.3) is 0 Å². The number of nitrogens with one attached hydrogen (secondary N) is 2. The minimum atomic E-state index is -3.23. The van der Waals surface area contributed by atoms with Crippen molar-refractivity contribution in [3.05, 3.63) is 47.5 Å². The minimum Gasteiger partial charge on any atom is -0.493 e. The molecule has 0 radical (unpaired) electrons. The van der Waals surface area contributed by atoms with Crippen LogP contribution in [0, 0.1) is 5.82 Å². The molecule has 0 spiro atoms. The number of methoxy groups -OCH3 is 1. The zero-order chi connectivity index (χ0) is 24.3. The maximum absolute atomic E-state index is 13.5. The fourth-order valence-electron chi connectivity index (χ4n) is 3.94. The van der Waals surface area contributed by atoms with Crippen molar-refractivity contribution in [3.63, 3.8) is 0 Å². The van der Waals surface area contributed by atoms with Gasteiger partial charge in [-0.15, -0.1) is 0 Å². The molecule has 0 bridgehead atoms. The summed E-state index contributed by atoms with van der Waals surface area (Å²) >= 11 is 5.90. The third-order valence-electron chi connectivity index (χ3n) is 5.80. The number of rotatable bonds is 8. The van der Waals surface area contributed by atoms with Crippen molar-refractivity contribution in [1.82, 2.24) is 14.7 Å². The molecule has 1 fully saturated rings. The van der Waals surface area contributed by atoms with E-state index in [0.717, 1.165) is 0 Å². The molecule has 34 heavy (non-hydrogen) atoms. The number of sulfonamides is 1. The smallest absolute Gasteiger partial charge is 0.211 e. The summed E-state index contributed by atoms with van der Waals surface area (Å²) in [6.07, 6.45) is 4.16. The van der Waals surface area contributed by atoms with Crippen LogP contribution in [-0.4, -0.2) is 43.4 Å². The van der Waals surface area contributed by atoms with Gasteiger partial charge in [-0.05, 0) is 56.9 Å². The van der Waals surface area contributed by atoms with Gasteiger partial charge in [-0.25, -0.2) is 27.5 Å². The molecule has 4 rings (SSSR count). The third-order valence-corrected chi connectivity index (χ3v) is 7.54. The van der Waals surface area contributed by atoms with Crippen LogP contribution in [0.5, 0.6) is 11.5 Å². The maximum Gasteiger partial charge on any atom is 0.211 e. The van der Waals surface area contributed by atoms with Crippen molar-refractivity contribution in [2.45, 2.75) is 44.8 Å². The molecular weight excluding hydrogens is 483 g/mol. The average molecular weight is 509 g/mol. The van der Waals surface area contributed by atoms with Crippen molar-refractivity contribution < 1.29 is 22.3 Å². The van der Waals surface area contributed by atoms with Crippen molar-refractivity contribution in [1.29, 1.82) is 0 Å². The van der Waals surface area contributed by atoms with E-state index in [1.165, 1.54) is 18.5 Å². The predicted octanol–water partition coefficient (Wildman–Crippen LogP) is 4.80. The first-order chi connectivity index (χ1) is 16.3. The van der Waals surface area contributed by atoms with E-state index in [0.29, 0.717) is 59.6 Å². The molecule has 8 nitrogen and oxygen atoms in total. The summed E-state index contributed by atoms with van der Waals surface area (Å²) in [5.74, 6) is 1.16. The first kappa shape index (κ1) is 24.4. The van der Waals surface area contributed by atoms with Crippen LogP contribution in [0.1, 0.15) is 32.6 Å². The van der Waals surface area contributed by atoms with Gasteiger partial charge in [-0.1, -0.05) is 11.6 Å². The van der Waals surface area contributed by atoms with Crippen LogP contribution in [0.15, 0.2) is 36.7 Å². The van der Waals surface area contributed by atoms with Crippen LogP contribution in [0.3, 0.4) is 0 Å². The second kappa shape index (κ2) is 10.3. The highest BCUT2D eigenvalue weighted by atomic mass is 35.5. The van der Waals surface area contributed by atoms with Crippen molar-refractivity contribution >= 4 is 44.0 Å². The predicted molar refractivity (Wildman–Crippen MR) is 130 cm³/mol. The Hall–Kier alpha value is -2.69. The Morgan fingerprint density at radius 1 is 1.12 bits per heavy atom. The molecule has 0 unspecified atom stereocenters. The Morgan fingerprint density at radius 2 is 1.88 bits per heavy atom. The quantitative estimate of drug-likeness (QED) is 0.450. The summed E-state index contributed by atoms with van der Waals surface area (Å²) in [4.78, 5) is 8.66. The molecule has 0 atom stereocenters. The van der Waals surface area contributed by atoms with E-state index in [9.17, 15) is 12.8 Å². The summed E-state index contributed by atoms with van der Waals surface area (Å²) in [6, 6.07) is 7.85. The van der Waals surface area contributed by atoms with Crippen LogP contribution in [0.4, 0.5) is 15.9 Å². The number of aromatic nitrogens is 2. The van der Waals surface area contributed by atoms with E-state index < -0.39 is 15.8 Å². The molecule has 2 N–H and O–H groups in total. The van der Waals surface area contributed by atoms with Crippen molar-refractivity contribution in [2.75, 3.05) is 18.2 Å². The average Bonchev–Trinajstić information content (AvgIpc) is 2.82. The van der Waals surface area contributed by atoms with Gasteiger partial charge in [0.1, 0.15) is 18.0 Å². The fraction of sp³-hybridized carbons (Fsp3) is 0.391. The van der Waals surface area contributed by atoms with Gasteiger partial charge in [0.2, 0.25) is 10.0 Å². The van der Waals surface area contributed by atoms with Gasteiger partial charge < -0.3 is 14.8 Å². The Morgan fingerprint density at radius 3 is 2.56 bits per heavy atom. The highest BCUT2D eigenvalue weighted by Gasteiger charge is 2.26. The van der Waals surface area contributed by atoms with E-state index >= 15 is 0 Å². The van der Waals surface area contributed by atoms with Crippen LogP contribution < -0.4 is 19.5 Å². The SMILES string of the molecule is CCS(=O)(=O)N[C@H]1CC[C@H](Oc2cc3c(Nc4ccc(F)c(Cl)c4)ncnc3cc2OC)CC1. The van der Waals surface area contributed by atoms with Gasteiger partial charge in [0.05, 0.1) is 29.5 Å². The first-order valence-corrected chi connectivity index (χ1v) is 13.0. The number of benzene rings is 2. The fourth-order valence-corrected chi connectivity index (χ4v) is 5.03. The monoisotopic (exact) mass is 508 g/mol. The molecule has 0 saturated heterocycles. The second-order valence-corrected chi connectivity index (χ2v) is 10.6. The molecule has 1 aromatic heterocycles. The number of halogens is 2. The Kier molecular flexibility index (Phi) is 7.39. The lowest BCUT2D eigenvalue weighted by Gasteiger charge is -2.29. The summed E-state index contributed by atoms with van der Waals surface area (Å²) in [6.45, 7) is 1.63. The molecule has 1 saturated carbocycles. The molecule has 1 aliphatic rings. The standard InChI is InChI=1S/C23H26ClFN4O4S/c1-3-34(30,31)29-14-4-7-16(8-5-14)33-22-11-17-20(12-21(22)32-2)26-13-27-23(17)28-15-6-9-19(25)18(24)10-15/h6,9-14,16,29H,3-5,7-8H2,1-2H3,(H,26,27,28)/t14-,16-. The highest BCUT2D eigenvalue weighted by molar-refractivity contribution is 7.89. The number of ether oxygens (including phenoxy) is 2. The summed E-state index contributed by atoms with van der Waals surface area (Å²) in [5, 5.41) is 3.86. The summed E-state index contributed by atoms with van der Waals surface area (Å²) in [5.41, 5.74) is 1.23. The van der Waals surface area contributed by atoms with Crippen LogP contribution >= 0.6 is 11.6 Å². The zero-order valence-corrected chi connectivity index (χ0v) is 20.4. The van der Waals surface area contributed by atoms with Crippen molar-refractivity contribution in [2.24, 2.45) is 0 Å². The molecule has 182 valence electrons. The normalized spacial score (nSPS) is 18.6. The van der Waals surface area contributed by atoms with Gasteiger partial charge in [0, 0.05) is 23.2 Å². The number of hydrogen-bond acceptors (Lipinski definition) is 7. The van der Waals surface area contributed by atoms with E-state index in [1.807, 2.05) is 6.07 Å². The van der Waals surface area contributed by atoms with Gasteiger partial charge in [-0.2, -0.15) is 0 Å². The van der Waals surface area contributed by atoms with Crippen LogP contribution in [-0.2, 0) is 10.0 Å². The molecule has 0 amide bonds. The maximum atomic E-state index is 13.5. The van der Waals surface area contributed by atoms with Crippen LogP contribution in [0.2, 0.25) is 5.02 Å². The van der Waals surface area contributed by atoms with E-state index in [4.69, 9.17) is 21.1 Å². The van der Waals surface area contributed by atoms with E-state index in [-0.39, 0.29) is 22.9 Å². The van der Waals surface area contributed by atoms with Crippen molar-refractivity contribution in [3.8, 4) is 11.5 Å². The molecule has 2 aromatic carbocycles. The first-order valence-electron chi connectivity index (χ1n) is 11.0. The zero-order valence-electron chi connectivity index (χ0n) is 18.8.